The standard InChI is InChI=1S/C36H30Br2Cl2N4O6/c37-27-11-17-31(49-35(47)23-7-13-29(39)14-8-23)25(19-27)21-41-43-33(45)5-3-1-2-4-6-34(46)44-42-22-26-20-28(38)12-18-32(26)50-36(48)24-9-15-30(40)16-10-24/h7-22H,1-6H2,(H,43,45)(H,44,46). The highest BCUT2D eigenvalue weighted by Gasteiger charge is 2.13. The second-order valence-corrected chi connectivity index (χ2v) is 13.4. The Labute approximate surface area is 315 Å². The van der Waals surface area contributed by atoms with Gasteiger partial charge in [0.05, 0.1) is 23.6 Å². The van der Waals surface area contributed by atoms with Crippen LogP contribution < -0.4 is 20.3 Å². The van der Waals surface area contributed by atoms with E-state index in [1.807, 2.05) is 0 Å². The van der Waals surface area contributed by atoms with Crippen LogP contribution in [-0.4, -0.2) is 36.2 Å². The highest BCUT2D eigenvalue weighted by atomic mass is 79.9. The van der Waals surface area contributed by atoms with Crippen molar-refractivity contribution in [2.24, 2.45) is 10.2 Å². The molecule has 0 unspecified atom stereocenters. The van der Waals surface area contributed by atoms with E-state index in [4.69, 9.17) is 32.7 Å². The molecule has 258 valence electrons. The number of amides is 2. The maximum atomic E-state index is 12.5. The number of benzene rings is 4. The van der Waals surface area contributed by atoms with Gasteiger partial charge in [0.1, 0.15) is 11.5 Å². The first-order valence-electron chi connectivity index (χ1n) is 15.3. The summed E-state index contributed by atoms with van der Waals surface area (Å²) in [4.78, 5) is 49.7. The lowest BCUT2D eigenvalue weighted by molar-refractivity contribution is -0.122. The third-order valence-corrected chi connectivity index (χ3v) is 8.34. The molecule has 0 radical (unpaired) electrons. The van der Waals surface area contributed by atoms with Crippen molar-refractivity contribution in [2.75, 3.05) is 0 Å². The Hall–Kier alpha value is -4.36. The average Bonchev–Trinajstić information content (AvgIpc) is 3.09. The maximum Gasteiger partial charge on any atom is 0.343 e. The molecule has 10 nitrogen and oxygen atoms in total. The minimum absolute atomic E-state index is 0.252. The van der Waals surface area contributed by atoms with E-state index in [2.05, 4.69) is 52.9 Å². The monoisotopic (exact) mass is 842 g/mol. The van der Waals surface area contributed by atoms with E-state index in [0.717, 1.165) is 21.8 Å². The summed E-state index contributed by atoms with van der Waals surface area (Å²) in [5.74, 6) is -1.11. The second-order valence-electron chi connectivity index (χ2n) is 10.7. The van der Waals surface area contributed by atoms with Crippen LogP contribution in [-0.2, 0) is 9.59 Å². The summed E-state index contributed by atoms with van der Waals surface area (Å²) in [6.45, 7) is 0. The lowest BCUT2D eigenvalue weighted by Crippen LogP contribution is -2.17. The van der Waals surface area contributed by atoms with E-state index < -0.39 is 11.9 Å². The van der Waals surface area contributed by atoms with Crippen molar-refractivity contribution in [1.29, 1.82) is 0 Å². The lowest BCUT2D eigenvalue weighted by atomic mass is 10.1. The number of ether oxygens (including phenoxy) is 2. The molecule has 2 amide bonds. The molecule has 0 saturated carbocycles. The number of carbonyl (C=O) groups is 4. The van der Waals surface area contributed by atoms with Crippen LogP contribution in [0.5, 0.6) is 11.5 Å². The van der Waals surface area contributed by atoms with Gasteiger partial charge >= 0.3 is 11.9 Å². The summed E-state index contributed by atoms with van der Waals surface area (Å²) in [5.41, 5.74) is 6.62. The van der Waals surface area contributed by atoms with Crippen LogP contribution in [0.15, 0.2) is 104 Å². The van der Waals surface area contributed by atoms with Crippen molar-refractivity contribution in [3.8, 4) is 11.5 Å². The first-order valence-corrected chi connectivity index (χ1v) is 17.6. The summed E-state index contributed by atoms with van der Waals surface area (Å²) in [6.07, 6.45) is 6.02. The van der Waals surface area contributed by atoms with E-state index in [0.29, 0.717) is 45.1 Å². The molecule has 0 saturated heterocycles. The van der Waals surface area contributed by atoms with Gasteiger partial charge in [0.15, 0.2) is 0 Å². The quantitative estimate of drug-likeness (QED) is 0.0404. The van der Waals surface area contributed by atoms with E-state index in [9.17, 15) is 19.2 Å². The van der Waals surface area contributed by atoms with Gasteiger partial charge in [-0.3, -0.25) is 9.59 Å². The van der Waals surface area contributed by atoms with Gasteiger partial charge in [-0.2, -0.15) is 10.2 Å². The smallest absolute Gasteiger partial charge is 0.343 e. The fourth-order valence-electron chi connectivity index (χ4n) is 4.30. The van der Waals surface area contributed by atoms with E-state index in [-0.39, 0.29) is 36.2 Å². The van der Waals surface area contributed by atoms with E-state index in [1.165, 1.54) is 12.4 Å². The van der Waals surface area contributed by atoms with Gasteiger partial charge in [0.25, 0.3) is 0 Å². The maximum absolute atomic E-state index is 12.5. The predicted molar refractivity (Wildman–Crippen MR) is 200 cm³/mol. The summed E-state index contributed by atoms with van der Waals surface area (Å²) < 4.78 is 12.5. The van der Waals surface area contributed by atoms with Crippen LogP contribution >= 0.6 is 55.1 Å². The number of halogens is 4. The minimum atomic E-state index is -0.557. The summed E-state index contributed by atoms with van der Waals surface area (Å²) in [7, 11) is 0. The molecule has 0 bridgehead atoms. The van der Waals surface area contributed by atoms with Crippen LogP contribution in [0, 0.1) is 0 Å². The van der Waals surface area contributed by atoms with Gasteiger partial charge in [-0.1, -0.05) is 67.9 Å². The van der Waals surface area contributed by atoms with Crippen LogP contribution in [0.25, 0.3) is 0 Å². The number of nitrogens with one attached hydrogen (secondary N) is 2. The van der Waals surface area contributed by atoms with Crippen molar-refractivity contribution in [2.45, 2.75) is 38.5 Å². The second kappa shape index (κ2) is 19.7. The molecule has 4 aromatic rings. The topological polar surface area (TPSA) is 136 Å². The normalized spacial score (nSPS) is 11.0. The number of rotatable bonds is 15. The van der Waals surface area contributed by atoms with Crippen molar-refractivity contribution < 1.29 is 28.7 Å². The highest BCUT2D eigenvalue weighted by Crippen LogP contribution is 2.25. The zero-order valence-electron chi connectivity index (χ0n) is 26.3. The van der Waals surface area contributed by atoms with Crippen molar-refractivity contribution in [3.63, 3.8) is 0 Å². The van der Waals surface area contributed by atoms with E-state index >= 15 is 0 Å². The molecule has 0 heterocycles. The molecular weight excluding hydrogens is 815 g/mol. The Bertz CT molecular complexity index is 1750. The van der Waals surface area contributed by atoms with Crippen LogP contribution in [0.1, 0.15) is 70.4 Å². The molecule has 0 aliphatic heterocycles. The van der Waals surface area contributed by atoms with Crippen molar-refractivity contribution in [3.05, 3.63) is 126 Å². The minimum Gasteiger partial charge on any atom is -0.422 e. The summed E-state index contributed by atoms with van der Waals surface area (Å²) in [6, 6.07) is 22.8. The van der Waals surface area contributed by atoms with Gasteiger partial charge in [0, 0.05) is 43.0 Å². The van der Waals surface area contributed by atoms with Crippen molar-refractivity contribution in [1.82, 2.24) is 10.9 Å². The fraction of sp³-hybridized carbons (Fsp3) is 0.167. The highest BCUT2D eigenvalue weighted by molar-refractivity contribution is 9.10. The molecule has 4 aromatic carbocycles. The van der Waals surface area contributed by atoms with Crippen LogP contribution in [0.3, 0.4) is 0 Å². The number of unbranched alkanes of at least 4 members (excludes halogenated alkanes) is 3. The number of nitrogens with zero attached hydrogens (tertiary/aromatic N) is 2. The number of hydrogen-bond donors (Lipinski definition) is 2. The number of hydrazone groups is 2. The Morgan fingerprint density at radius 2 is 0.960 bits per heavy atom. The summed E-state index contributed by atoms with van der Waals surface area (Å²) in [5, 5.41) is 9.04. The SMILES string of the molecule is O=C(CCCCCCC(=O)NN=Cc1cc(Br)ccc1OC(=O)c1ccc(Cl)cc1)NN=Cc1cc(Br)ccc1OC(=O)c1ccc(Cl)cc1. The fourth-order valence-corrected chi connectivity index (χ4v) is 5.31. The first-order chi connectivity index (χ1) is 24.1. The molecular formula is C36H30Br2Cl2N4O6. The zero-order valence-corrected chi connectivity index (χ0v) is 31.0. The van der Waals surface area contributed by atoms with Crippen molar-refractivity contribution >= 4 is 91.2 Å². The average molecular weight is 845 g/mol. The Kier molecular flexibility index (Phi) is 15.2. The number of hydrogen-bond acceptors (Lipinski definition) is 8. The predicted octanol–water partition coefficient (Wildman–Crippen LogP) is 8.90. The third-order valence-electron chi connectivity index (χ3n) is 6.85. The van der Waals surface area contributed by atoms with Gasteiger partial charge in [-0.05, 0) is 97.8 Å². The summed E-state index contributed by atoms with van der Waals surface area (Å²) >= 11 is 18.6. The Morgan fingerprint density at radius 1 is 0.580 bits per heavy atom. The van der Waals surface area contributed by atoms with Gasteiger partial charge in [-0.25, -0.2) is 20.4 Å². The molecule has 0 aromatic heterocycles. The van der Waals surface area contributed by atoms with E-state index in [1.54, 1.807) is 84.9 Å². The lowest BCUT2D eigenvalue weighted by Gasteiger charge is -2.08. The molecule has 0 fully saturated rings. The van der Waals surface area contributed by atoms with Crippen LogP contribution in [0.4, 0.5) is 0 Å². The molecule has 2 N–H and O–H groups in total. The molecule has 4 rings (SSSR count). The molecule has 0 aliphatic rings. The van der Waals surface area contributed by atoms with Gasteiger partial charge in [-0.15, -0.1) is 0 Å². The molecule has 0 spiro atoms. The van der Waals surface area contributed by atoms with Gasteiger partial charge < -0.3 is 9.47 Å². The molecule has 0 atom stereocenters. The Morgan fingerprint density at radius 3 is 1.34 bits per heavy atom. The number of carbonyl (C=O) groups excluding carboxylic acids is 4. The Balaban J connectivity index is 1.14. The zero-order chi connectivity index (χ0) is 35.9. The molecule has 50 heavy (non-hydrogen) atoms. The van der Waals surface area contributed by atoms with Gasteiger partial charge in [0.2, 0.25) is 11.8 Å². The molecule has 0 aliphatic carbocycles. The third kappa shape index (κ3) is 12.8. The first kappa shape index (κ1) is 38.4. The van der Waals surface area contributed by atoms with Crippen LogP contribution in [0.2, 0.25) is 10.0 Å². The molecule has 14 heteroatoms. The largest absolute Gasteiger partial charge is 0.422 e. The number of esters is 2.